The number of benzene rings is 1. The first kappa shape index (κ1) is 15.0. The number of methoxy groups -OCH3 is 1. The number of anilines is 1. The van der Waals surface area contributed by atoms with Crippen molar-refractivity contribution in [3.8, 4) is 17.1 Å². The highest BCUT2D eigenvalue weighted by Crippen LogP contribution is 2.27. The van der Waals surface area contributed by atoms with Crippen molar-refractivity contribution in [3.63, 3.8) is 0 Å². The lowest BCUT2D eigenvalue weighted by Crippen LogP contribution is -2.06. The number of hydrogen-bond acceptors (Lipinski definition) is 4. The minimum Gasteiger partial charge on any atom is -0.494 e. The lowest BCUT2D eigenvalue weighted by atomic mass is 10.2. The van der Waals surface area contributed by atoms with Crippen LogP contribution in [-0.2, 0) is 0 Å². The number of halogens is 2. The SMILES string of the molecule is CCNc1nc(-c2ccc(F)c(OC)c2)nc(C)c1I. The zero-order valence-corrected chi connectivity index (χ0v) is 13.7. The predicted molar refractivity (Wildman–Crippen MR) is 85.6 cm³/mol. The van der Waals surface area contributed by atoms with Gasteiger partial charge >= 0.3 is 0 Å². The maximum absolute atomic E-state index is 13.4. The van der Waals surface area contributed by atoms with Crippen LogP contribution >= 0.6 is 22.6 Å². The fraction of sp³-hybridized carbons (Fsp3) is 0.286. The second-order valence-corrected chi connectivity index (χ2v) is 5.25. The van der Waals surface area contributed by atoms with Crippen molar-refractivity contribution in [3.05, 3.63) is 33.3 Å². The summed E-state index contributed by atoms with van der Waals surface area (Å²) in [6.45, 7) is 4.71. The van der Waals surface area contributed by atoms with Crippen LogP contribution in [0.25, 0.3) is 11.4 Å². The molecule has 0 aliphatic carbocycles. The normalized spacial score (nSPS) is 10.4. The van der Waals surface area contributed by atoms with Crippen LogP contribution in [0.4, 0.5) is 10.2 Å². The Balaban J connectivity index is 2.52. The minimum atomic E-state index is -0.398. The molecule has 0 amide bonds. The van der Waals surface area contributed by atoms with Crippen LogP contribution < -0.4 is 10.1 Å². The highest BCUT2D eigenvalue weighted by Gasteiger charge is 2.12. The first-order valence-electron chi connectivity index (χ1n) is 6.18. The van der Waals surface area contributed by atoms with Gasteiger partial charge in [-0.3, -0.25) is 0 Å². The molecule has 0 unspecified atom stereocenters. The van der Waals surface area contributed by atoms with Crippen molar-refractivity contribution in [2.75, 3.05) is 19.0 Å². The smallest absolute Gasteiger partial charge is 0.165 e. The Labute approximate surface area is 130 Å². The van der Waals surface area contributed by atoms with E-state index in [4.69, 9.17) is 4.74 Å². The van der Waals surface area contributed by atoms with E-state index in [9.17, 15) is 4.39 Å². The van der Waals surface area contributed by atoms with Crippen LogP contribution in [-0.4, -0.2) is 23.6 Å². The van der Waals surface area contributed by atoms with Gasteiger partial charge in [0.1, 0.15) is 5.82 Å². The second kappa shape index (κ2) is 6.34. The van der Waals surface area contributed by atoms with E-state index in [-0.39, 0.29) is 5.75 Å². The fourth-order valence-electron chi connectivity index (χ4n) is 1.77. The molecule has 6 heteroatoms. The molecule has 0 atom stereocenters. The monoisotopic (exact) mass is 387 g/mol. The van der Waals surface area contributed by atoms with Crippen LogP contribution in [0, 0.1) is 16.3 Å². The van der Waals surface area contributed by atoms with Crippen molar-refractivity contribution >= 4 is 28.4 Å². The molecule has 1 aromatic carbocycles. The second-order valence-electron chi connectivity index (χ2n) is 4.17. The quantitative estimate of drug-likeness (QED) is 0.814. The molecule has 4 nitrogen and oxygen atoms in total. The van der Waals surface area contributed by atoms with E-state index in [0.717, 1.165) is 27.2 Å². The van der Waals surface area contributed by atoms with Crippen LogP contribution in [0.2, 0.25) is 0 Å². The fourth-order valence-corrected chi connectivity index (χ4v) is 2.20. The molecule has 0 saturated carbocycles. The highest BCUT2D eigenvalue weighted by atomic mass is 127. The summed E-state index contributed by atoms with van der Waals surface area (Å²) >= 11 is 2.21. The van der Waals surface area contributed by atoms with E-state index < -0.39 is 5.82 Å². The summed E-state index contributed by atoms with van der Waals surface area (Å²) in [6, 6.07) is 4.61. The molecule has 0 fully saturated rings. The molecule has 0 bridgehead atoms. The lowest BCUT2D eigenvalue weighted by Gasteiger charge is -2.11. The zero-order valence-electron chi connectivity index (χ0n) is 11.5. The minimum absolute atomic E-state index is 0.187. The molecule has 0 aliphatic rings. The molecule has 1 N–H and O–H groups in total. The molecule has 0 aliphatic heterocycles. The van der Waals surface area contributed by atoms with E-state index >= 15 is 0 Å². The molecular weight excluding hydrogens is 372 g/mol. The number of aromatic nitrogens is 2. The summed E-state index contributed by atoms with van der Waals surface area (Å²) in [5.74, 6) is 1.13. The van der Waals surface area contributed by atoms with Crippen LogP contribution in [0.5, 0.6) is 5.75 Å². The van der Waals surface area contributed by atoms with Gasteiger partial charge in [-0.15, -0.1) is 0 Å². The van der Waals surface area contributed by atoms with E-state index in [1.165, 1.54) is 13.2 Å². The van der Waals surface area contributed by atoms with Gasteiger partial charge in [0.25, 0.3) is 0 Å². The molecule has 0 saturated heterocycles. The zero-order chi connectivity index (χ0) is 14.7. The summed E-state index contributed by atoms with van der Waals surface area (Å²) < 4.78 is 19.4. The van der Waals surface area contributed by atoms with Gasteiger partial charge in [0.2, 0.25) is 0 Å². The summed E-state index contributed by atoms with van der Waals surface area (Å²) in [5.41, 5.74) is 1.61. The molecular formula is C14H15FIN3O. The van der Waals surface area contributed by atoms with Crippen molar-refractivity contribution in [1.29, 1.82) is 0 Å². The van der Waals surface area contributed by atoms with E-state index in [1.54, 1.807) is 12.1 Å². The number of nitrogens with zero attached hydrogens (tertiary/aromatic N) is 2. The third-order valence-corrected chi connectivity index (χ3v) is 4.06. The van der Waals surface area contributed by atoms with Crippen LogP contribution in [0.3, 0.4) is 0 Å². The highest BCUT2D eigenvalue weighted by molar-refractivity contribution is 14.1. The van der Waals surface area contributed by atoms with Crippen molar-refractivity contribution < 1.29 is 9.13 Å². The maximum atomic E-state index is 13.4. The maximum Gasteiger partial charge on any atom is 0.165 e. The van der Waals surface area contributed by atoms with Gasteiger partial charge in [-0.1, -0.05) is 0 Å². The molecule has 20 heavy (non-hydrogen) atoms. The van der Waals surface area contributed by atoms with Crippen molar-refractivity contribution in [2.24, 2.45) is 0 Å². The molecule has 1 aromatic heterocycles. The van der Waals surface area contributed by atoms with Gasteiger partial charge < -0.3 is 10.1 Å². The van der Waals surface area contributed by atoms with Crippen molar-refractivity contribution in [1.82, 2.24) is 9.97 Å². The molecule has 0 radical (unpaired) electrons. The third kappa shape index (κ3) is 3.00. The predicted octanol–water partition coefficient (Wildman–Crippen LogP) is 3.64. The number of nitrogens with one attached hydrogen (secondary N) is 1. The molecule has 2 rings (SSSR count). The van der Waals surface area contributed by atoms with Gasteiger partial charge in [0.05, 0.1) is 16.4 Å². The van der Waals surface area contributed by atoms with Gasteiger partial charge in [0, 0.05) is 12.1 Å². The van der Waals surface area contributed by atoms with E-state index in [2.05, 4.69) is 37.9 Å². The average Bonchev–Trinajstić information content (AvgIpc) is 2.44. The lowest BCUT2D eigenvalue weighted by molar-refractivity contribution is 0.387. The standard InChI is InChI=1S/C14H15FIN3O/c1-4-17-14-12(16)8(2)18-13(19-14)9-5-6-10(15)11(7-9)20-3/h5-7H,4H2,1-3H3,(H,17,18,19). The molecule has 2 aromatic rings. The number of rotatable bonds is 4. The van der Waals surface area contributed by atoms with Gasteiger partial charge in [-0.05, 0) is 54.6 Å². The largest absolute Gasteiger partial charge is 0.494 e. The van der Waals surface area contributed by atoms with Crippen LogP contribution in [0.1, 0.15) is 12.6 Å². The summed E-state index contributed by atoms with van der Waals surface area (Å²) in [7, 11) is 1.44. The number of hydrogen-bond donors (Lipinski definition) is 1. The summed E-state index contributed by atoms with van der Waals surface area (Å²) in [4.78, 5) is 8.94. The third-order valence-electron chi connectivity index (χ3n) is 2.77. The Morgan fingerprint density at radius 1 is 1.35 bits per heavy atom. The topological polar surface area (TPSA) is 47.0 Å². The summed E-state index contributed by atoms with van der Waals surface area (Å²) in [5, 5.41) is 3.20. The van der Waals surface area contributed by atoms with E-state index in [1.807, 2.05) is 13.8 Å². The van der Waals surface area contributed by atoms with Gasteiger partial charge in [0.15, 0.2) is 17.4 Å². The van der Waals surface area contributed by atoms with Gasteiger partial charge in [-0.25, -0.2) is 14.4 Å². The summed E-state index contributed by atoms with van der Waals surface area (Å²) in [6.07, 6.45) is 0. The van der Waals surface area contributed by atoms with Crippen molar-refractivity contribution in [2.45, 2.75) is 13.8 Å². The van der Waals surface area contributed by atoms with E-state index in [0.29, 0.717) is 5.82 Å². The average molecular weight is 387 g/mol. The Bertz CT molecular complexity index is 634. The molecule has 1 heterocycles. The Morgan fingerprint density at radius 2 is 2.10 bits per heavy atom. The Hall–Kier alpha value is -1.44. The first-order valence-corrected chi connectivity index (χ1v) is 7.26. The molecule has 106 valence electrons. The van der Waals surface area contributed by atoms with Crippen LogP contribution in [0.15, 0.2) is 18.2 Å². The Kier molecular flexibility index (Phi) is 4.74. The number of aryl methyl sites for hydroxylation is 1. The number of ether oxygens (including phenoxy) is 1. The Morgan fingerprint density at radius 3 is 2.75 bits per heavy atom. The molecule has 0 spiro atoms. The van der Waals surface area contributed by atoms with Gasteiger partial charge in [-0.2, -0.15) is 0 Å². The first-order chi connectivity index (χ1) is 9.56.